The molecule has 2 aromatic carbocycles. The molecule has 0 aromatic heterocycles. The lowest BCUT2D eigenvalue weighted by Crippen LogP contribution is -2.03. The maximum atomic E-state index is 13.8. The van der Waals surface area contributed by atoms with Gasteiger partial charge in [0.05, 0.1) is 0 Å². The second-order valence-corrected chi connectivity index (χ2v) is 6.47. The van der Waals surface area contributed by atoms with Crippen LogP contribution in [-0.4, -0.2) is 0 Å². The zero-order valence-corrected chi connectivity index (χ0v) is 13.6. The van der Waals surface area contributed by atoms with Crippen LogP contribution in [0.4, 0.5) is 8.78 Å². The van der Waals surface area contributed by atoms with Crippen LogP contribution in [0.15, 0.2) is 40.9 Å². The SMILES string of the molecule is Fc1cc(Br)cc(F)c1C(Br)Cc1ccccc1Cl. The summed E-state index contributed by atoms with van der Waals surface area (Å²) in [5, 5.41) is 0.588. The van der Waals surface area contributed by atoms with Crippen molar-refractivity contribution >= 4 is 43.5 Å². The largest absolute Gasteiger partial charge is 0.207 e. The predicted molar refractivity (Wildman–Crippen MR) is 80.9 cm³/mol. The minimum absolute atomic E-state index is 0.0168. The van der Waals surface area contributed by atoms with Crippen molar-refractivity contribution in [1.82, 2.24) is 0 Å². The van der Waals surface area contributed by atoms with Crippen LogP contribution in [0.25, 0.3) is 0 Å². The second kappa shape index (κ2) is 6.33. The van der Waals surface area contributed by atoms with Crippen LogP contribution < -0.4 is 0 Å². The molecule has 1 unspecified atom stereocenters. The van der Waals surface area contributed by atoms with Crippen molar-refractivity contribution in [3.63, 3.8) is 0 Å². The summed E-state index contributed by atoms with van der Waals surface area (Å²) < 4.78 is 28.0. The van der Waals surface area contributed by atoms with E-state index in [1.54, 1.807) is 6.07 Å². The molecular weight excluding hydrogens is 401 g/mol. The molecule has 0 aliphatic carbocycles. The van der Waals surface area contributed by atoms with Crippen molar-refractivity contribution in [1.29, 1.82) is 0 Å². The first-order valence-electron chi connectivity index (χ1n) is 5.51. The first-order valence-corrected chi connectivity index (χ1v) is 7.59. The molecule has 0 spiro atoms. The van der Waals surface area contributed by atoms with Crippen LogP contribution in [0.1, 0.15) is 16.0 Å². The minimum atomic E-state index is -0.583. The third-order valence-corrected chi connectivity index (χ3v) is 4.32. The lowest BCUT2D eigenvalue weighted by atomic mass is 10.0. The van der Waals surface area contributed by atoms with E-state index in [9.17, 15) is 8.78 Å². The molecule has 0 saturated heterocycles. The van der Waals surface area contributed by atoms with E-state index in [1.807, 2.05) is 18.2 Å². The van der Waals surface area contributed by atoms with E-state index in [2.05, 4.69) is 31.9 Å². The van der Waals surface area contributed by atoms with Gasteiger partial charge in [-0.1, -0.05) is 61.7 Å². The average molecular weight is 410 g/mol. The van der Waals surface area contributed by atoms with E-state index < -0.39 is 16.5 Å². The fraction of sp³-hybridized carbons (Fsp3) is 0.143. The van der Waals surface area contributed by atoms with Gasteiger partial charge in [-0.15, -0.1) is 0 Å². The summed E-state index contributed by atoms with van der Waals surface area (Å²) in [6.07, 6.45) is 0.412. The van der Waals surface area contributed by atoms with E-state index in [0.29, 0.717) is 15.9 Å². The highest BCUT2D eigenvalue weighted by Crippen LogP contribution is 2.34. The summed E-state index contributed by atoms with van der Waals surface area (Å²) in [5.74, 6) is -1.17. The Hall–Kier alpha value is -0.450. The summed E-state index contributed by atoms with van der Waals surface area (Å²) in [6, 6.07) is 9.75. The molecule has 0 heterocycles. The molecule has 0 aliphatic rings. The van der Waals surface area contributed by atoms with E-state index >= 15 is 0 Å². The number of rotatable bonds is 3. The van der Waals surface area contributed by atoms with Crippen LogP contribution in [0.2, 0.25) is 5.02 Å². The molecule has 0 fully saturated rings. The molecule has 1 atom stereocenters. The molecule has 0 radical (unpaired) electrons. The third-order valence-electron chi connectivity index (χ3n) is 2.71. The van der Waals surface area contributed by atoms with Gasteiger partial charge < -0.3 is 0 Å². The van der Waals surface area contributed by atoms with Gasteiger partial charge in [-0.25, -0.2) is 8.78 Å². The summed E-state index contributed by atoms with van der Waals surface area (Å²) in [7, 11) is 0. The van der Waals surface area contributed by atoms with E-state index in [4.69, 9.17) is 11.6 Å². The number of alkyl halides is 1. The van der Waals surface area contributed by atoms with Crippen LogP contribution in [0, 0.1) is 11.6 Å². The maximum Gasteiger partial charge on any atom is 0.131 e. The molecule has 0 nitrogen and oxygen atoms in total. The molecular formula is C14H9Br2ClF2. The van der Waals surface area contributed by atoms with Gasteiger partial charge in [-0.05, 0) is 30.2 Å². The van der Waals surface area contributed by atoms with Crippen molar-refractivity contribution in [2.45, 2.75) is 11.2 Å². The Bertz CT molecular complexity index is 579. The highest BCUT2D eigenvalue weighted by atomic mass is 79.9. The summed E-state index contributed by atoms with van der Waals surface area (Å²) in [4.78, 5) is -0.472. The zero-order chi connectivity index (χ0) is 14.0. The van der Waals surface area contributed by atoms with Crippen molar-refractivity contribution < 1.29 is 8.78 Å². The smallest absolute Gasteiger partial charge is 0.131 e. The standard InChI is InChI=1S/C14H9Br2ClF2/c15-9-6-12(18)14(13(19)7-9)10(16)5-8-3-1-2-4-11(8)17/h1-4,6-7,10H,5H2. The van der Waals surface area contributed by atoms with Gasteiger partial charge in [0, 0.05) is 19.9 Å². The summed E-state index contributed by atoms with van der Waals surface area (Å²) in [6.45, 7) is 0. The fourth-order valence-electron chi connectivity index (χ4n) is 1.81. The molecule has 100 valence electrons. The van der Waals surface area contributed by atoms with Gasteiger partial charge in [-0.2, -0.15) is 0 Å². The Morgan fingerprint density at radius 2 is 1.68 bits per heavy atom. The van der Waals surface area contributed by atoms with Gasteiger partial charge in [0.2, 0.25) is 0 Å². The lowest BCUT2D eigenvalue weighted by Gasteiger charge is -2.13. The molecule has 5 heteroatoms. The normalized spacial score (nSPS) is 12.5. The van der Waals surface area contributed by atoms with Gasteiger partial charge >= 0.3 is 0 Å². The van der Waals surface area contributed by atoms with Gasteiger partial charge in [0.15, 0.2) is 0 Å². The summed E-state index contributed by atoms with van der Waals surface area (Å²) in [5.41, 5.74) is 0.857. The Morgan fingerprint density at radius 1 is 1.11 bits per heavy atom. The fourth-order valence-corrected chi connectivity index (χ4v) is 3.21. The second-order valence-electron chi connectivity index (χ2n) is 4.05. The predicted octanol–water partition coefficient (Wildman–Crippen LogP) is 6.06. The van der Waals surface area contributed by atoms with Crippen molar-refractivity contribution in [2.75, 3.05) is 0 Å². The third kappa shape index (κ3) is 3.56. The minimum Gasteiger partial charge on any atom is -0.207 e. The lowest BCUT2D eigenvalue weighted by molar-refractivity contribution is 0.552. The Balaban J connectivity index is 2.31. The van der Waals surface area contributed by atoms with Crippen LogP contribution in [-0.2, 0) is 6.42 Å². The van der Waals surface area contributed by atoms with E-state index in [1.165, 1.54) is 12.1 Å². The quantitative estimate of drug-likeness (QED) is 0.540. The Labute approximate surface area is 132 Å². The number of hydrogen-bond acceptors (Lipinski definition) is 0. The van der Waals surface area contributed by atoms with Crippen molar-refractivity contribution in [2.24, 2.45) is 0 Å². The van der Waals surface area contributed by atoms with Gasteiger partial charge in [0.25, 0.3) is 0 Å². The first kappa shape index (κ1) is 14.9. The number of hydrogen-bond donors (Lipinski definition) is 0. The first-order chi connectivity index (χ1) is 8.99. The number of benzene rings is 2. The number of halogens is 5. The molecule has 0 bridgehead atoms. The highest BCUT2D eigenvalue weighted by Gasteiger charge is 2.19. The maximum absolute atomic E-state index is 13.8. The van der Waals surface area contributed by atoms with Crippen LogP contribution >= 0.6 is 43.5 Å². The molecule has 0 N–H and O–H groups in total. The molecule has 0 aliphatic heterocycles. The average Bonchev–Trinajstić information content (AvgIpc) is 2.30. The van der Waals surface area contributed by atoms with Crippen LogP contribution in [0.3, 0.4) is 0 Å². The highest BCUT2D eigenvalue weighted by molar-refractivity contribution is 9.10. The molecule has 19 heavy (non-hydrogen) atoms. The topological polar surface area (TPSA) is 0 Å². The van der Waals surface area contributed by atoms with Gasteiger partial charge in [-0.3, -0.25) is 0 Å². The monoisotopic (exact) mass is 408 g/mol. The molecule has 0 saturated carbocycles. The van der Waals surface area contributed by atoms with E-state index in [-0.39, 0.29) is 5.56 Å². The van der Waals surface area contributed by atoms with Gasteiger partial charge in [0.1, 0.15) is 11.6 Å². The zero-order valence-electron chi connectivity index (χ0n) is 9.64. The Kier molecular flexibility index (Phi) is 4.98. The summed E-state index contributed by atoms with van der Waals surface area (Å²) >= 11 is 12.4. The van der Waals surface area contributed by atoms with Crippen LogP contribution in [0.5, 0.6) is 0 Å². The Morgan fingerprint density at radius 3 is 2.26 bits per heavy atom. The molecule has 0 amide bonds. The van der Waals surface area contributed by atoms with E-state index in [0.717, 1.165) is 5.56 Å². The van der Waals surface area contributed by atoms with Crippen molar-refractivity contribution in [3.8, 4) is 0 Å². The molecule has 2 aromatic rings. The molecule has 2 rings (SSSR count). The van der Waals surface area contributed by atoms with Crippen molar-refractivity contribution in [3.05, 3.63) is 68.7 Å².